The number of hydrogen-bond donors (Lipinski definition) is 1. The number of carbonyl (C=O) groups is 2. The normalized spacial score (nSPS) is 15.1. The summed E-state index contributed by atoms with van der Waals surface area (Å²) in [6, 6.07) is 3.56. The maximum atomic E-state index is 12.8. The van der Waals surface area contributed by atoms with Crippen LogP contribution in [-0.4, -0.2) is 50.6 Å². The Kier molecular flexibility index (Phi) is 6.70. The number of nitrogens with zero attached hydrogens (tertiary/aromatic N) is 1. The number of piperidine rings is 1. The van der Waals surface area contributed by atoms with Gasteiger partial charge in [0.25, 0.3) is 5.91 Å². The van der Waals surface area contributed by atoms with Crippen LogP contribution in [0.2, 0.25) is 0 Å². The molecule has 0 unspecified atom stereocenters. The van der Waals surface area contributed by atoms with Crippen molar-refractivity contribution in [2.45, 2.75) is 19.8 Å². The number of benzene rings is 1. The first-order valence-electron chi connectivity index (χ1n) is 7.91. The maximum Gasteiger partial charge on any atom is 0.255 e. The number of methoxy groups -OCH3 is 2. The second-order valence-corrected chi connectivity index (χ2v) is 7.02. The van der Waals surface area contributed by atoms with Crippen molar-refractivity contribution in [1.82, 2.24) is 10.2 Å². The van der Waals surface area contributed by atoms with Gasteiger partial charge in [-0.15, -0.1) is 0 Å². The highest BCUT2D eigenvalue weighted by Crippen LogP contribution is 2.32. The van der Waals surface area contributed by atoms with Gasteiger partial charge in [-0.05, 0) is 53.5 Å². The molecule has 0 spiro atoms. The van der Waals surface area contributed by atoms with Crippen LogP contribution in [0.25, 0.3) is 0 Å². The predicted molar refractivity (Wildman–Crippen MR) is 99.6 cm³/mol. The van der Waals surface area contributed by atoms with Gasteiger partial charge in [0, 0.05) is 30.1 Å². The SMILES string of the molecule is COc1cc(I)c(C(=O)N2CCC(CNC(C)=O)CC2)cc1OC. The molecule has 1 fully saturated rings. The zero-order valence-electron chi connectivity index (χ0n) is 14.2. The topological polar surface area (TPSA) is 67.9 Å². The van der Waals surface area contributed by atoms with Gasteiger partial charge in [-0.3, -0.25) is 9.59 Å². The van der Waals surface area contributed by atoms with E-state index in [1.54, 1.807) is 20.3 Å². The summed E-state index contributed by atoms with van der Waals surface area (Å²) >= 11 is 2.15. The molecule has 0 radical (unpaired) electrons. The molecule has 7 heteroatoms. The Morgan fingerprint density at radius 2 is 1.79 bits per heavy atom. The van der Waals surface area contributed by atoms with Gasteiger partial charge in [0.1, 0.15) is 0 Å². The molecule has 2 rings (SSSR count). The smallest absolute Gasteiger partial charge is 0.255 e. The van der Waals surface area contributed by atoms with Crippen molar-refractivity contribution in [3.8, 4) is 11.5 Å². The standard InChI is InChI=1S/C17H23IN2O4/c1-11(21)19-10-12-4-6-20(7-5-12)17(22)13-8-15(23-2)16(24-3)9-14(13)18/h8-9,12H,4-7,10H2,1-3H3,(H,19,21). The largest absolute Gasteiger partial charge is 0.493 e. The van der Waals surface area contributed by atoms with Crippen LogP contribution in [-0.2, 0) is 4.79 Å². The molecule has 1 heterocycles. The number of carbonyl (C=O) groups excluding carboxylic acids is 2. The molecule has 6 nitrogen and oxygen atoms in total. The maximum absolute atomic E-state index is 12.8. The molecule has 0 atom stereocenters. The molecule has 1 N–H and O–H groups in total. The van der Waals surface area contributed by atoms with E-state index < -0.39 is 0 Å². The highest BCUT2D eigenvalue weighted by molar-refractivity contribution is 14.1. The number of amides is 2. The van der Waals surface area contributed by atoms with Crippen molar-refractivity contribution in [1.29, 1.82) is 0 Å². The Morgan fingerprint density at radius 3 is 2.33 bits per heavy atom. The summed E-state index contributed by atoms with van der Waals surface area (Å²) in [6.07, 6.45) is 1.80. The van der Waals surface area contributed by atoms with Gasteiger partial charge in [0.2, 0.25) is 5.91 Å². The summed E-state index contributed by atoms with van der Waals surface area (Å²) < 4.78 is 11.4. The van der Waals surface area contributed by atoms with Crippen LogP contribution >= 0.6 is 22.6 Å². The molecule has 24 heavy (non-hydrogen) atoms. The van der Waals surface area contributed by atoms with E-state index in [1.807, 2.05) is 11.0 Å². The van der Waals surface area contributed by atoms with Gasteiger partial charge in [0.05, 0.1) is 19.8 Å². The van der Waals surface area contributed by atoms with Gasteiger partial charge >= 0.3 is 0 Å². The Hall–Kier alpha value is -1.51. The van der Waals surface area contributed by atoms with E-state index >= 15 is 0 Å². The van der Waals surface area contributed by atoms with E-state index in [1.165, 1.54) is 6.92 Å². The van der Waals surface area contributed by atoms with Gasteiger partial charge < -0.3 is 19.7 Å². The number of ether oxygens (including phenoxy) is 2. The van der Waals surface area contributed by atoms with Crippen molar-refractivity contribution < 1.29 is 19.1 Å². The fourth-order valence-corrected chi connectivity index (χ4v) is 3.49. The zero-order chi connectivity index (χ0) is 17.7. The van der Waals surface area contributed by atoms with Gasteiger partial charge in [-0.2, -0.15) is 0 Å². The average molecular weight is 446 g/mol. The Labute approximate surface area is 156 Å². The monoisotopic (exact) mass is 446 g/mol. The predicted octanol–water partition coefficient (Wildman–Crippen LogP) is 2.30. The highest BCUT2D eigenvalue weighted by Gasteiger charge is 2.26. The third-order valence-corrected chi connectivity index (χ3v) is 5.14. The molecule has 0 aromatic heterocycles. The molecule has 0 saturated carbocycles. The number of likely N-dealkylation sites (tertiary alicyclic amines) is 1. The molecule has 1 aromatic rings. The summed E-state index contributed by atoms with van der Waals surface area (Å²) in [4.78, 5) is 25.7. The van der Waals surface area contributed by atoms with Gasteiger partial charge in [0.15, 0.2) is 11.5 Å². The third kappa shape index (κ3) is 4.52. The summed E-state index contributed by atoms with van der Waals surface area (Å²) in [6.45, 7) is 3.62. The van der Waals surface area contributed by atoms with Crippen LogP contribution in [0.3, 0.4) is 0 Å². The minimum atomic E-state index is -0.00612. The Bertz CT molecular complexity index is 613. The van der Waals surface area contributed by atoms with E-state index in [4.69, 9.17) is 9.47 Å². The molecule has 0 bridgehead atoms. The fraction of sp³-hybridized carbons (Fsp3) is 0.529. The molecule has 1 saturated heterocycles. The minimum absolute atomic E-state index is 0.00612. The molecular weight excluding hydrogens is 423 g/mol. The van der Waals surface area contributed by atoms with E-state index in [-0.39, 0.29) is 11.8 Å². The number of nitrogens with one attached hydrogen (secondary N) is 1. The molecule has 1 aromatic carbocycles. The van der Waals surface area contributed by atoms with Gasteiger partial charge in [-0.1, -0.05) is 0 Å². The average Bonchev–Trinajstić information content (AvgIpc) is 2.59. The quantitative estimate of drug-likeness (QED) is 0.706. The lowest BCUT2D eigenvalue weighted by atomic mass is 9.96. The number of halogens is 1. The Balaban J connectivity index is 2.04. The Morgan fingerprint density at radius 1 is 1.21 bits per heavy atom. The van der Waals surface area contributed by atoms with Crippen LogP contribution in [0.5, 0.6) is 11.5 Å². The van der Waals surface area contributed by atoms with E-state index in [0.29, 0.717) is 42.6 Å². The molecule has 1 aliphatic rings. The van der Waals surface area contributed by atoms with Gasteiger partial charge in [-0.25, -0.2) is 0 Å². The van der Waals surface area contributed by atoms with Crippen molar-refractivity contribution in [3.05, 3.63) is 21.3 Å². The van der Waals surface area contributed by atoms with Crippen LogP contribution in [0.1, 0.15) is 30.1 Å². The highest BCUT2D eigenvalue weighted by atomic mass is 127. The third-order valence-electron chi connectivity index (χ3n) is 4.25. The van der Waals surface area contributed by atoms with E-state index in [9.17, 15) is 9.59 Å². The van der Waals surface area contributed by atoms with Crippen LogP contribution in [0.15, 0.2) is 12.1 Å². The number of hydrogen-bond acceptors (Lipinski definition) is 4. The molecular formula is C17H23IN2O4. The summed E-state index contributed by atoms with van der Waals surface area (Å²) in [7, 11) is 3.14. The molecule has 0 aliphatic carbocycles. The summed E-state index contributed by atoms with van der Waals surface area (Å²) in [5.74, 6) is 1.61. The van der Waals surface area contributed by atoms with Crippen LogP contribution in [0, 0.1) is 9.49 Å². The van der Waals surface area contributed by atoms with Crippen molar-refractivity contribution in [2.75, 3.05) is 33.9 Å². The lowest BCUT2D eigenvalue weighted by Gasteiger charge is -2.32. The first-order chi connectivity index (χ1) is 11.5. The minimum Gasteiger partial charge on any atom is -0.493 e. The van der Waals surface area contributed by atoms with Crippen molar-refractivity contribution in [2.24, 2.45) is 5.92 Å². The van der Waals surface area contributed by atoms with Crippen LogP contribution < -0.4 is 14.8 Å². The fourth-order valence-electron chi connectivity index (χ4n) is 2.82. The van der Waals surface area contributed by atoms with Crippen molar-refractivity contribution >= 4 is 34.4 Å². The second-order valence-electron chi connectivity index (χ2n) is 5.86. The summed E-state index contributed by atoms with van der Waals surface area (Å²) in [5, 5.41) is 2.85. The molecule has 2 amide bonds. The number of rotatable bonds is 5. The second kappa shape index (κ2) is 8.55. The lowest BCUT2D eigenvalue weighted by Crippen LogP contribution is -2.41. The van der Waals surface area contributed by atoms with Crippen LogP contribution in [0.4, 0.5) is 0 Å². The lowest BCUT2D eigenvalue weighted by molar-refractivity contribution is -0.119. The molecule has 132 valence electrons. The van der Waals surface area contributed by atoms with Crippen molar-refractivity contribution in [3.63, 3.8) is 0 Å². The summed E-state index contributed by atoms with van der Waals surface area (Å²) in [5.41, 5.74) is 0.633. The molecule has 1 aliphatic heterocycles. The van der Waals surface area contributed by atoms with E-state index in [0.717, 1.165) is 16.4 Å². The first kappa shape index (κ1) is 18.8. The zero-order valence-corrected chi connectivity index (χ0v) is 16.4. The van der Waals surface area contributed by atoms with E-state index in [2.05, 4.69) is 27.9 Å². The first-order valence-corrected chi connectivity index (χ1v) is 8.99.